The van der Waals surface area contributed by atoms with Gasteiger partial charge in [-0.2, -0.15) is 0 Å². The number of likely N-dealkylation sites (N-methyl/N-ethyl adjacent to an activating group) is 1. The number of aliphatic carboxylic acids is 1. The largest absolute Gasteiger partial charge is 0.484 e. The van der Waals surface area contributed by atoms with Crippen LogP contribution in [0.1, 0.15) is 12.5 Å². The monoisotopic (exact) mass is 358 g/mol. The van der Waals surface area contributed by atoms with Gasteiger partial charge in [0.05, 0.1) is 0 Å². The second-order valence-corrected chi connectivity index (χ2v) is 5.53. The highest BCUT2D eigenvalue weighted by molar-refractivity contribution is 5.93. The second-order valence-electron chi connectivity index (χ2n) is 5.53. The Hall–Kier alpha value is -2.93. The number of nitrogens with zero attached hydrogens (tertiary/aromatic N) is 2. The van der Waals surface area contributed by atoms with Crippen molar-refractivity contribution in [1.82, 2.24) is 4.98 Å². The van der Waals surface area contributed by atoms with Gasteiger partial charge in [-0.25, -0.2) is 9.78 Å². The average Bonchev–Trinajstić information content (AvgIpc) is 2.66. The van der Waals surface area contributed by atoms with Crippen molar-refractivity contribution in [2.24, 2.45) is 0 Å². The van der Waals surface area contributed by atoms with E-state index in [1.54, 1.807) is 47.5 Å². The van der Waals surface area contributed by atoms with Gasteiger partial charge in [0.1, 0.15) is 11.6 Å². The van der Waals surface area contributed by atoms with Gasteiger partial charge in [-0.1, -0.05) is 18.2 Å². The molecule has 0 aliphatic heterocycles. The summed E-state index contributed by atoms with van der Waals surface area (Å²) < 4.78 is 10.5. The number of aromatic nitrogens is 1. The summed E-state index contributed by atoms with van der Waals surface area (Å²) in [6.07, 6.45) is 1.00. The summed E-state index contributed by atoms with van der Waals surface area (Å²) >= 11 is 0. The molecule has 7 nitrogen and oxygen atoms in total. The van der Waals surface area contributed by atoms with E-state index in [2.05, 4.69) is 4.98 Å². The fraction of sp³-hybridized carbons (Fsp3) is 0.316. The molecule has 1 aromatic heterocycles. The lowest BCUT2D eigenvalue weighted by Gasteiger charge is -2.19. The van der Waals surface area contributed by atoms with Crippen molar-refractivity contribution in [3.05, 3.63) is 54.2 Å². The molecule has 1 N–H and O–H groups in total. The molecule has 0 radical (unpaired) electrons. The highest BCUT2D eigenvalue weighted by Crippen LogP contribution is 2.15. The summed E-state index contributed by atoms with van der Waals surface area (Å²) in [7, 11) is 1.36. The quantitative estimate of drug-likeness (QED) is 0.739. The molecule has 0 saturated heterocycles. The summed E-state index contributed by atoms with van der Waals surface area (Å²) in [5, 5.41) is 9.01. The summed E-state index contributed by atoms with van der Waals surface area (Å²) in [4.78, 5) is 29.1. The molecule has 0 aliphatic rings. The molecule has 0 spiro atoms. The van der Waals surface area contributed by atoms with Gasteiger partial charge in [-0.3, -0.25) is 9.69 Å². The lowest BCUT2D eigenvalue weighted by Crippen LogP contribution is -2.35. The number of rotatable bonds is 9. The fourth-order valence-corrected chi connectivity index (χ4v) is 2.41. The van der Waals surface area contributed by atoms with Gasteiger partial charge < -0.3 is 14.6 Å². The number of hydrogen-bond acceptors (Lipinski definition) is 5. The third-order valence-corrected chi connectivity index (χ3v) is 3.81. The van der Waals surface area contributed by atoms with Crippen LogP contribution in [-0.2, 0) is 20.7 Å². The molecule has 2 rings (SSSR count). The van der Waals surface area contributed by atoms with Crippen molar-refractivity contribution in [2.75, 3.05) is 25.2 Å². The minimum atomic E-state index is -1.01. The van der Waals surface area contributed by atoms with E-state index >= 15 is 0 Å². The number of carboxylic acids is 1. The number of carboxylic acid groups (broad SMARTS) is 1. The molecule has 26 heavy (non-hydrogen) atoms. The van der Waals surface area contributed by atoms with Crippen LogP contribution in [-0.4, -0.2) is 48.3 Å². The Morgan fingerprint density at radius 1 is 1.19 bits per heavy atom. The fourth-order valence-electron chi connectivity index (χ4n) is 2.41. The molecular weight excluding hydrogens is 336 g/mol. The number of hydrogen-bond donors (Lipinski definition) is 1. The van der Waals surface area contributed by atoms with Gasteiger partial charge in [0, 0.05) is 26.3 Å². The average molecular weight is 358 g/mol. The molecule has 1 aromatic carbocycles. The number of pyridine rings is 1. The molecule has 0 fully saturated rings. The van der Waals surface area contributed by atoms with Gasteiger partial charge in [-0.05, 0) is 36.8 Å². The number of amides is 1. The van der Waals surface area contributed by atoms with E-state index in [1.165, 1.54) is 7.11 Å². The van der Waals surface area contributed by atoms with Gasteiger partial charge in [0.15, 0.2) is 12.7 Å². The van der Waals surface area contributed by atoms with E-state index < -0.39 is 12.1 Å². The van der Waals surface area contributed by atoms with Crippen LogP contribution in [0.3, 0.4) is 0 Å². The molecule has 1 heterocycles. The Balaban J connectivity index is 1.92. The zero-order chi connectivity index (χ0) is 18.9. The first-order valence-corrected chi connectivity index (χ1v) is 8.24. The normalized spacial score (nSPS) is 11.6. The van der Waals surface area contributed by atoms with Crippen molar-refractivity contribution in [3.63, 3.8) is 0 Å². The van der Waals surface area contributed by atoms with Crippen LogP contribution < -0.4 is 9.64 Å². The predicted molar refractivity (Wildman–Crippen MR) is 96.3 cm³/mol. The Kier molecular flexibility index (Phi) is 7.11. The van der Waals surface area contributed by atoms with E-state index in [4.69, 9.17) is 14.6 Å². The van der Waals surface area contributed by atoms with E-state index in [-0.39, 0.29) is 18.9 Å². The molecule has 1 amide bonds. The third kappa shape index (κ3) is 5.29. The number of benzene rings is 1. The van der Waals surface area contributed by atoms with Gasteiger partial charge in [0.2, 0.25) is 0 Å². The SMILES string of the molecule is CCN(C(=O)COc1ccc(C[C@H](OC)C(=O)O)cc1)c1ccccn1. The standard InChI is InChI=1S/C19H22N2O5/c1-3-21(17-6-4-5-11-20-17)18(22)13-26-15-9-7-14(8-10-15)12-16(25-2)19(23)24/h4-11,16H,3,12-13H2,1-2H3,(H,23,24)/t16-/m0/s1. The number of ether oxygens (including phenoxy) is 2. The minimum absolute atomic E-state index is 0.112. The molecule has 7 heteroatoms. The van der Waals surface area contributed by atoms with Crippen molar-refractivity contribution in [2.45, 2.75) is 19.4 Å². The van der Waals surface area contributed by atoms with Crippen LogP contribution in [0.15, 0.2) is 48.7 Å². The van der Waals surface area contributed by atoms with E-state index in [9.17, 15) is 9.59 Å². The van der Waals surface area contributed by atoms with Gasteiger partial charge >= 0.3 is 5.97 Å². The second kappa shape index (κ2) is 9.53. The molecule has 0 saturated carbocycles. The number of carbonyl (C=O) groups excluding carboxylic acids is 1. The first kappa shape index (κ1) is 19.4. The van der Waals surface area contributed by atoms with Crippen molar-refractivity contribution < 1.29 is 24.2 Å². The smallest absolute Gasteiger partial charge is 0.333 e. The van der Waals surface area contributed by atoms with Crippen LogP contribution in [0.25, 0.3) is 0 Å². The topological polar surface area (TPSA) is 89.0 Å². The highest BCUT2D eigenvalue weighted by Gasteiger charge is 2.17. The van der Waals surface area contributed by atoms with Crippen LogP contribution in [0.5, 0.6) is 5.75 Å². The Bertz CT molecular complexity index is 718. The van der Waals surface area contributed by atoms with E-state index in [0.717, 1.165) is 5.56 Å². The predicted octanol–water partition coefficient (Wildman–Crippen LogP) is 2.16. The van der Waals surface area contributed by atoms with Crippen LogP contribution in [0.4, 0.5) is 5.82 Å². The maximum absolute atomic E-state index is 12.4. The number of methoxy groups -OCH3 is 1. The Morgan fingerprint density at radius 2 is 1.92 bits per heavy atom. The van der Waals surface area contributed by atoms with Crippen molar-refractivity contribution in [3.8, 4) is 5.75 Å². The Morgan fingerprint density at radius 3 is 2.46 bits per heavy atom. The van der Waals surface area contributed by atoms with Crippen molar-refractivity contribution >= 4 is 17.7 Å². The molecule has 0 unspecified atom stereocenters. The van der Waals surface area contributed by atoms with Crippen LogP contribution in [0.2, 0.25) is 0 Å². The van der Waals surface area contributed by atoms with Crippen molar-refractivity contribution in [1.29, 1.82) is 0 Å². The van der Waals surface area contributed by atoms with Gasteiger partial charge in [0.25, 0.3) is 5.91 Å². The summed E-state index contributed by atoms with van der Waals surface area (Å²) in [5.41, 5.74) is 0.807. The summed E-state index contributed by atoms with van der Waals surface area (Å²) in [5.74, 6) is -0.0881. The molecule has 138 valence electrons. The zero-order valence-corrected chi connectivity index (χ0v) is 14.8. The van der Waals surface area contributed by atoms with E-state index in [1.807, 2.05) is 13.0 Å². The molecule has 0 aliphatic carbocycles. The van der Waals surface area contributed by atoms with Gasteiger partial charge in [-0.15, -0.1) is 0 Å². The van der Waals surface area contributed by atoms with E-state index in [0.29, 0.717) is 18.1 Å². The molecule has 1 atom stereocenters. The number of carbonyl (C=O) groups is 2. The third-order valence-electron chi connectivity index (χ3n) is 3.81. The maximum Gasteiger partial charge on any atom is 0.333 e. The molecule has 2 aromatic rings. The molecular formula is C19H22N2O5. The lowest BCUT2D eigenvalue weighted by atomic mass is 10.1. The maximum atomic E-state index is 12.4. The highest BCUT2D eigenvalue weighted by atomic mass is 16.5. The first-order chi connectivity index (χ1) is 12.5. The first-order valence-electron chi connectivity index (χ1n) is 8.24. The summed E-state index contributed by atoms with van der Waals surface area (Å²) in [6.45, 7) is 2.25. The number of anilines is 1. The summed E-state index contributed by atoms with van der Waals surface area (Å²) in [6, 6.07) is 12.3. The lowest BCUT2D eigenvalue weighted by molar-refractivity contribution is -0.148. The molecule has 0 bridgehead atoms. The van der Waals surface area contributed by atoms with Crippen LogP contribution in [0, 0.1) is 0 Å². The van der Waals surface area contributed by atoms with Crippen LogP contribution >= 0.6 is 0 Å². The minimum Gasteiger partial charge on any atom is -0.484 e. The Labute approximate surface area is 152 Å². The zero-order valence-electron chi connectivity index (χ0n) is 14.8.